The second-order valence-electron chi connectivity index (χ2n) is 6.44. The fourth-order valence-electron chi connectivity index (χ4n) is 3.51. The summed E-state index contributed by atoms with van der Waals surface area (Å²) in [7, 11) is 0. The first-order valence-corrected chi connectivity index (χ1v) is 8.25. The van der Waals surface area contributed by atoms with E-state index in [0.29, 0.717) is 13.2 Å². The maximum absolute atomic E-state index is 12.6. The summed E-state index contributed by atoms with van der Waals surface area (Å²) in [6.45, 7) is 5.55. The van der Waals surface area contributed by atoms with Gasteiger partial charge in [-0.1, -0.05) is 12.5 Å². The number of hydrogen-bond donors (Lipinski definition) is 0. The van der Waals surface area contributed by atoms with Crippen molar-refractivity contribution >= 4 is 5.91 Å². The molecule has 2 aliphatic rings. The van der Waals surface area contributed by atoms with Gasteiger partial charge in [-0.15, -0.1) is 0 Å². The van der Waals surface area contributed by atoms with Crippen molar-refractivity contribution in [3.8, 4) is 5.75 Å². The molecule has 4 heteroatoms. The van der Waals surface area contributed by atoms with Crippen LogP contribution in [0.1, 0.15) is 43.2 Å². The Balaban J connectivity index is 1.62. The van der Waals surface area contributed by atoms with E-state index < -0.39 is 0 Å². The van der Waals surface area contributed by atoms with Crippen LogP contribution in [0.5, 0.6) is 5.75 Å². The molecule has 1 saturated carbocycles. The van der Waals surface area contributed by atoms with Crippen LogP contribution < -0.4 is 4.74 Å². The molecule has 1 aliphatic carbocycles. The van der Waals surface area contributed by atoms with Gasteiger partial charge in [0.15, 0.2) is 6.61 Å². The van der Waals surface area contributed by atoms with Gasteiger partial charge < -0.3 is 14.4 Å². The highest BCUT2D eigenvalue weighted by molar-refractivity contribution is 5.78. The van der Waals surface area contributed by atoms with Crippen molar-refractivity contribution in [2.24, 2.45) is 0 Å². The maximum Gasteiger partial charge on any atom is 0.262 e. The molecular formula is C18H25NO3. The molecule has 1 saturated heterocycles. The number of amides is 1. The lowest BCUT2D eigenvalue weighted by Crippen LogP contribution is -2.50. The molecule has 22 heavy (non-hydrogen) atoms. The second kappa shape index (κ2) is 6.29. The SMILES string of the molecule is Cc1ccc(OCC(=O)N2CCOC23CCCCC3)cc1C. The van der Waals surface area contributed by atoms with Crippen molar-refractivity contribution < 1.29 is 14.3 Å². The highest BCUT2D eigenvalue weighted by Crippen LogP contribution is 2.38. The van der Waals surface area contributed by atoms with Crippen LogP contribution in [-0.2, 0) is 9.53 Å². The molecule has 1 spiro atoms. The molecule has 3 rings (SSSR count). The molecule has 1 aromatic carbocycles. The van der Waals surface area contributed by atoms with Gasteiger partial charge >= 0.3 is 0 Å². The summed E-state index contributed by atoms with van der Waals surface area (Å²) in [5.74, 6) is 0.798. The largest absolute Gasteiger partial charge is 0.484 e. The average molecular weight is 303 g/mol. The number of carbonyl (C=O) groups excluding carboxylic acids is 1. The fraction of sp³-hybridized carbons (Fsp3) is 0.611. The lowest BCUT2D eigenvalue weighted by Gasteiger charge is -2.39. The smallest absolute Gasteiger partial charge is 0.262 e. The zero-order chi connectivity index (χ0) is 15.6. The number of rotatable bonds is 3. The van der Waals surface area contributed by atoms with Gasteiger partial charge in [-0.25, -0.2) is 0 Å². The van der Waals surface area contributed by atoms with Gasteiger partial charge in [0.1, 0.15) is 11.5 Å². The Morgan fingerprint density at radius 1 is 1.23 bits per heavy atom. The van der Waals surface area contributed by atoms with Crippen molar-refractivity contribution in [1.82, 2.24) is 4.90 Å². The van der Waals surface area contributed by atoms with E-state index in [1.165, 1.54) is 17.5 Å². The minimum atomic E-state index is -0.345. The Hall–Kier alpha value is -1.55. The van der Waals surface area contributed by atoms with Crippen LogP contribution in [0.25, 0.3) is 0 Å². The summed E-state index contributed by atoms with van der Waals surface area (Å²) in [4.78, 5) is 14.5. The molecular weight excluding hydrogens is 278 g/mol. The first-order chi connectivity index (χ1) is 10.6. The van der Waals surface area contributed by atoms with E-state index in [9.17, 15) is 4.79 Å². The summed E-state index contributed by atoms with van der Waals surface area (Å²) in [6, 6.07) is 5.93. The van der Waals surface area contributed by atoms with E-state index in [-0.39, 0.29) is 18.2 Å². The van der Waals surface area contributed by atoms with E-state index in [1.807, 2.05) is 23.1 Å². The molecule has 0 bridgehead atoms. The molecule has 0 atom stereocenters. The fourth-order valence-corrected chi connectivity index (χ4v) is 3.51. The molecule has 1 amide bonds. The molecule has 0 N–H and O–H groups in total. The van der Waals surface area contributed by atoms with Gasteiger partial charge in [-0.3, -0.25) is 4.79 Å². The summed E-state index contributed by atoms with van der Waals surface area (Å²) in [5.41, 5.74) is 2.06. The van der Waals surface area contributed by atoms with Crippen molar-refractivity contribution in [3.63, 3.8) is 0 Å². The van der Waals surface area contributed by atoms with Crippen molar-refractivity contribution in [1.29, 1.82) is 0 Å². The molecule has 0 aromatic heterocycles. The Morgan fingerprint density at radius 2 is 2.00 bits per heavy atom. The molecule has 1 aromatic rings. The van der Waals surface area contributed by atoms with Crippen LogP contribution in [0.15, 0.2) is 18.2 Å². The standard InChI is InChI=1S/C18H25NO3/c1-14-6-7-16(12-15(14)2)21-13-17(20)19-10-11-22-18(19)8-4-3-5-9-18/h6-7,12H,3-5,8-11,13H2,1-2H3. The summed E-state index contributed by atoms with van der Waals surface area (Å²) < 4.78 is 11.7. The van der Waals surface area contributed by atoms with E-state index >= 15 is 0 Å². The average Bonchev–Trinajstić information content (AvgIpc) is 2.92. The number of ether oxygens (including phenoxy) is 2. The van der Waals surface area contributed by atoms with E-state index in [0.717, 1.165) is 31.4 Å². The number of benzene rings is 1. The van der Waals surface area contributed by atoms with Crippen LogP contribution in [0.3, 0.4) is 0 Å². The third kappa shape index (κ3) is 2.98. The van der Waals surface area contributed by atoms with Crippen molar-refractivity contribution in [2.45, 2.75) is 51.7 Å². The number of hydrogen-bond acceptors (Lipinski definition) is 3. The van der Waals surface area contributed by atoms with Crippen LogP contribution in [0, 0.1) is 13.8 Å². The van der Waals surface area contributed by atoms with E-state index in [1.54, 1.807) is 0 Å². The normalized spacial score (nSPS) is 20.4. The van der Waals surface area contributed by atoms with Gasteiger partial charge in [-0.2, -0.15) is 0 Å². The zero-order valence-electron chi connectivity index (χ0n) is 13.6. The number of aryl methyl sites for hydroxylation is 2. The highest BCUT2D eigenvalue weighted by atomic mass is 16.5. The summed E-state index contributed by atoms with van der Waals surface area (Å²) in [6.07, 6.45) is 5.45. The molecule has 4 nitrogen and oxygen atoms in total. The van der Waals surface area contributed by atoms with Crippen LogP contribution in [0.4, 0.5) is 0 Å². The van der Waals surface area contributed by atoms with Gasteiger partial charge in [0, 0.05) is 6.54 Å². The molecule has 0 unspecified atom stereocenters. The quantitative estimate of drug-likeness (QED) is 0.860. The van der Waals surface area contributed by atoms with Gasteiger partial charge in [0.2, 0.25) is 0 Å². The summed E-state index contributed by atoms with van der Waals surface area (Å²) in [5, 5.41) is 0. The number of carbonyl (C=O) groups is 1. The monoisotopic (exact) mass is 303 g/mol. The Kier molecular flexibility index (Phi) is 4.39. The molecule has 0 radical (unpaired) electrons. The van der Waals surface area contributed by atoms with E-state index in [2.05, 4.69) is 13.8 Å². The predicted octanol–water partition coefficient (Wildman–Crippen LogP) is 3.20. The second-order valence-corrected chi connectivity index (χ2v) is 6.44. The van der Waals surface area contributed by atoms with Crippen molar-refractivity contribution in [3.05, 3.63) is 29.3 Å². The predicted molar refractivity (Wildman–Crippen MR) is 84.9 cm³/mol. The minimum Gasteiger partial charge on any atom is -0.484 e. The van der Waals surface area contributed by atoms with E-state index in [4.69, 9.17) is 9.47 Å². The molecule has 1 aliphatic heterocycles. The first kappa shape index (κ1) is 15.3. The van der Waals surface area contributed by atoms with Crippen LogP contribution in [-0.4, -0.2) is 36.3 Å². The Labute approximate surface area is 132 Å². The molecule has 120 valence electrons. The minimum absolute atomic E-state index is 0.0395. The zero-order valence-corrected chi connectivity index (χ0v) is 13.6. The van der Waals surface area contributed by atoms with Crippen LogP contribution >= 0.6 is 0 Å². The van der Waals surface area contributed by atoms with Gasteiger partial charge in [-0.05, 0) is 62.8 Å². The Morgan fingerprint density at radius 3 is 2.73 bits per heavy atom. The van der Waals surface area contributed by atoms with Gasteiger partial charge in [0.05, 0.1) is 6.61 Å². The topological polar surface area (TPSA) is 38.8 Å². The van der Waals surface area contributed by atoms with Crippen LogP contribution in [0.2, 0.25) is 0 Å². The third-order valence-electron chi connectivity index (χ3n) is 4.95. The number of nitrogens with zero attached hydrogens (tertiary/aromatic N) is 1. The highest BCUT2D eigenvalue weighted by Gasteiger charge is 2.45. The molecule has 2 fully saturated rings. The summed E-state index contributed by atoms with van der Waals surface area (Å²) >= 11 is 0. The third-order valence-corrected chi connectivity index (χ3v) is 4.95. The van der Waals surface area contributed by atoms with Crippen molar-refractivity contribution in [2.75, 3.05) is 19.8 Å². The first-order valence-electron chi connectivity index (χ1n) is 8.25. The lowest BCUT2D eigenvalue weighted by atomic mass is 9.90. The maximum atomic E-state index is 12.6. The van der Waals surface area contributed by atoms with Gasteiger partial charge in [0.25, 0.3) is 5.91 Å². The molecule has 1 heterocycles. The Bertz CT molecular complexity index is 549. The lowest BCUT2D eigenvalue weighted by molar-refractivity contribution is -0.157.